The van der Waals surface area contributed by atoms with Crippen molar-refractivity contribution in [2.45, 2.75) is 32.3 Å². The Morgan fingerprint density at radius 3 is 2.94 bits per heavy atom. The predicted octanol–water partition coefficient (Wildman–Crippen LogP) is 2.27. The number of carbonyl (C=O) groups excluding carboxylic acids is 1. The van der Waals surface area contributed by atoms with E-state index in [1.54, 1.807) is 0 Å². The number of carbonyl (C=O) groups is 1. The van der Waals surface area contributed by atoms with Gasteiger partial charge in [-0.2, -0.15) is 11.3 Å². The summed E-state index contributed by atoms with van der Waals surface area (Å²) in [5.41, 5.74) is 0.848. The van der Waals surface area contributed by atoms with Crippen LogP contribution in [0.15, 0.2) is 16.8 Å². The molecule has 0 radical (unpaired) electrons. The fourth-order valence-electron chi connectivity index (χ4n) is 1.41. The van der Waals surface area contributed by atoms with Crippen LogP contribution in [0.3, 0.4) is 0 Å². The first kappa shape index (κ1) is 14.0. The highest BCUT2D eigenvalue weighted by Gasteiger charge is 2.08. The number of unbranched alkanes of at least 4 members (excludes halogenated alkanes) is 2. The molecule has 17 heavy (non-hydrogen) atoms. The highest BCUT2D eigenvalue weighted by atomic mass is 32.1. The number of thiophene rings is 1. The molecule has 0 aromatic carbocycles. The molecular formula is C12H20N2O2S. The van der Waals surface area contributed by atoms with Crippen LogP contribution in [-0.2, 0) is 0 Å². The van der Waals surface area contributed by atoms with E-state index in [0.717, 1.165) is 24.8 Å². The van der Waals surface area contributed by atoms with Gasteiger partial charge in [0.2, 0.25) is 0 Å². The average Bonchev–Trinajstić information content (AvgIpc) is 2.85. The van der Waals surface area contributed by atoms with Gasteiger partial charge in [-0.3, -0.25) is 0 Å². The van der Waals surface area contributed by atoms with E-state index in [0.29, 0.717) is 6.54 Å². The van der Waals surface area contributed by atoms with Crippen molar-refractivity contribution in [1.29, 1.82) is 0 Å². The molecule has 1 heterocycles. The maximum Gasteiger partial charge on any atom is 0.314 e. The van der Waals surface area contributed by atoms with Crippen molar-refractivity contribution < 1.29 is 9.90 Å². The van der Waals surface area contributed by atoms with E-state index >= 15 is 0 Å². The Hall–Kier alpha value is -1.07. The van der Waals surface area contributed by atoms with E-state index in [2.05, 4.69) is 17.6 Å². The van der Waals surface area contributed by atoms with Gasteiger partial charge in [0.05, 0.1) is 6.10 Å². The minimum Gasteiger partial charge on any atom is -0.387 e. The molecule has 0 saturated carbocycles. The Morgan fingerprint density at radius 2 is 2.29 bits per heavy atom. The van der Waals surface area contributed by atoms with Crippen LogP contribution in [-0.4, -0.2) is 24.2 Å². The number of aliphatic hydroxyl groups excluding tert-OH is 1. The molecule has 0 saturated heterocycles. The molecule has 1 aromatic rings. The molecule has 3 N–H and O–H groups in total. The minimum absolute atomic E-state index is 0.213. The lowest BCUT2D eigenvalue weighted by atomic mass is 10.2. The predicted molar refractivity (Wildman–Crippen MR) is 70.2 cm³/mol. The number of rotatable bonds is 7. The number of urea groups is 1. The molecule has 1 aromatic heterocycles. The third-order valence-electron chi connectivity index (χ3n) is 2.45. The molecule has 0 spiro atoms. The normalized spacial score (nSPS) is 12.1. The summed E-state index contributed by atoms with van der Waals surface area (Å²) >= 11 is 1.53. The first-order valence-electron chi connectivity index (χ1n) is 5.96. The Kier molecular flexibility index (Phi) is 6.65. The second-order valence-electron chi connectivity index (χ2n) is 3.92. The lowest BCUT2D eigenvalue weighted by Crippen LogP contribution is -2.38. The van der Waals surface area contributed by atoms with Crippen LogP contribution in [0.2, 0.25) is 0 Å². The summed E-state index contributed by atoms with van der Waals surface area (Å²) in [4.78, 5) is 11.3. The van der Waals surface area contributed by atoms with Crippen LogP contribution >= 0.6 is 11.3 Å². The van der Waals surface area contributed by atoms with Crippen molar-refractivity contribution in [1.82, 2.24) is 10.6 Å². The van der Waals surface area contributed by atoms with Crippen molar-refractivity contribution in [3.05, 3.63) is 22.4 Å². The van der Waals surface area contributed by atoms with Gasteiger partial charge in [-0.1, -0.05) is 19.8 Å². The van der Waals surface area contributed by atoms with E-state index in [9.17, 15) is 9.90 Å². The fourth-order valence-corrected chi connectivity index (χ4v) is 2.12. The van der Waals surface area contributed by atoms with Gasteiger partial charge in [-0.15, -0.1) is 0 Å². The molecule has 4 nitrogen and oxygen atoms in total. The summed E-state index contributed by atoms with van der Waals surface area (Å²) in [6, 6.07) is 1.64. The van der Waals surface area contributed by atoms with Gasteiger partial charge >= 0.3 is 6.03 Å². The molecule has 2 amide bonds. The Bertz CT molecular complexity index is 314. The summed E-state index contributed by atoms with van der Waals surface area (Å²) in [6.45, 7) is 3.06. The van der Waals surface area contributed by atoms with Crippen molar-refractivity contribution >= 4 is 17.4 Å². The van der Waals surface area contributed by atoms with Gasteiger partial charge < -0.3 is 15.7 Å². The quantitative estimate of drug-likeness (QED) is 0.655. The zero-order valence-electron chi connectivity index (χ0n) is 10.1. The molecule has 5 heteroatoms. The minimum atomic E-state index is -0.623. The molecular weight excluding hydrogens is 236 g/mol. The first-order valence-corrected chi connectivity index (χ1v) is 6.90. The van der Waals surface area contributed by atoms with Crippen LogP contribution in [0.5, 0.6) is 0 Å². The second-order valence-corrected chi connectivity index (χ2v) is 4.70. The maximum atomic E-state index is 11.3. The van der Waals surface area contributed by atoms with Crippen molar-refractivity contribution in [3.8, 4) is 0 Å². The Balaban J connectivity index is 2.11. The number of hydrogen-bond donors (Lipinski definition) is 3. The van der Waals surface area contributed by atoms with Gasteiger partial charge in [0, 0.05) is 13.1 Å². The number of nitrogens with one attached hydrogen (secondary N) is 2. The molecule has 0 bridgehead atoms. The topological polar surface area (TPSA) is 61.4 Å². The number of hydrogen-bond acceptors (Lipinski definition) is 3. The lowest BCUT2D eigenvalue weighted by molar-refractivity contribution is 0.173. The molecule has 0 fully saturated rings. The summed E-state index contributed by atoms with van der Waals surface area (Å²) in [7, 11) is 0. The maximum absolute atomic E-state index is 11.3. The zero-order chi connectivity index (χ0) is 12.5. The molecule has 0 aliphatic heterocycles. The van der Waals surface area contributed by atoms with Gasteiger partial charge in [0.1, 0.15) is 0 Å². The monoisotopic (exact) mass is 256 g/mol. The van der Waals surface area contributed by atoms with Crippen molar-refractivity contribution in [3.63, 3.8) is 0 Å². The summed E-state index contributed by atoms with van der Waals surface area (Å²) in [6.07, 6.45) is 2.64. The molecule has 0 aliphatic carbocycles. The Labute approximate surface area is 106 Å². The molecule has 1 unspecified atom stereocenters. The van der Waals surface area contributed by atoms with E-state index in [1.807, 2.05) is 16.8 Å². The van der Waals surface area contributed by atoms with E-state index < -0.39 is 6.10 Å². The fraction of sp³-hybridized carbons (Fsp3) is 0.583. The highest BCUT2D eigenvalue weighted by molar-refractivity contribution is 7.07. The average molecular weight is 256 g/mol. The van der Waals surface area contributed by atoms with Gasteiger partial charge in [-0.25, -0.2) is 4.79 Å². The SMILES string of the molecule is CCCCCNC(=O)NCC(O)c1ccsc1. The second kappa shape index (κ2) is 8.08. The summed E-state index contributed by atoms with van der Waals surface area (Å²) in [5.74, 6) is 0. The smallest absolute Gasteiger partial charge is 0.314 e. The largest absolute Gasteiger partial charge is 0.387 e. The van der Waals surface area contributed by atoms with Gasteiger partial charge in [0.15, 0.2) is 0 Å². The number of aliphatic hydroxyl groups is 1. The van der Waals surface area contributed by atoms with Crippen molar-refractivity contribution in [2.75, 3.05) is 13.1 Å². The van der Waals surface area contributed by atoms with E-state index in [1.165, 1.54) is 11.3 Å². The molecule has 0 aliphatic rings. The van der Waals surface area contributed by atoms with Crippen LogP contribution in [0.4, 0.5) is 4.79 Å². The summed E-state index contributed by atoms with van der Waals surface area (Å²) in [5, 5.41) is 18.9. The van der Waals surface area contributed by atoms with Gasteiger partial charge in [-0.05, 0) is 28.8 Å². The van der Waals surface area contributed by atoms with E-state index in [-0.39, 0.29) is 12.6 Å². The Morgan fingerprint density at radius 1 is 1.47 bits per heavy atom. The molecule has 1 atom stereocenters. The van der Waals surface area contributed by atoms with E-state index in [4.69, 9.17) is 0 Å². The summed E-state index contributed by atoms with van der Waals surface area (Å²) < 4.78 is 0. The zero-order valence-corrected chi connectivity index (χ0v) is 10.9. The standard InChI is InChI=1S/C12H20N2O2S/c1-2-3-4-6-13-12(16)14-8-11(15)10-5-7-17-9-10/h5,7,9,11,15H,2-4,6,8H2,1H3,(H2,13,14,16). The van der Waals surface area contributed by atoms with Crippen LogP contribution in [0, 0.1) is 0 Å². The first-order chi connectivity index (χ1) is 8.24. The van der Waals surface area contributed by atoms with Crippen LogP contribution < -0.4 is 10.6 Å². The third-order valence-corrected chi connectivity index (χ3v) is 3.15. The lowest BCUT2D eigenvalue weighted by Gasteiger charge is -2.11. The molecule has 96 valence electrons. The molecule has 1 rings (SSSR count). The van der Waals surface area contributed by atoms with Gasteiger partial charge in [0.25, 0.3) is 0 Å². The highest BCUT2D eigenvalue weighted by Crippen LogP contribution is 2.14. The number of amides is 2. The third kappa shape index (κ3) is 5.70. The van der Waals surface area contributed by atoms with Crippen LogP contribution in [0.1, 0.15) is 37.9 Å². The van der Waals surface area contributed by atoms with Crippen molar-refractivity contribution in [2.24, 2.45) is 0 Å². The van der Waals surface area contributed by atoms with Crippen LogP contribution in [0.25, 0.3) is 0 Å².